The number of rotatable bonds is 2. The Morgan fingerprint density at radius 3 is 2.86 bits per heavy atom. The first-order valence-electron chi connectivity index (χ1n) is 5.30. The third kappa shape index (κ3) is 1.46. The lowest BCUT2D eigenvalue weighted by molar-refractivity contribution is 0.261. The van der Waals surface area contributed by atoms with Gasteiger partial charge in [-0.1, -0.05) is 13.8 Å². The van der Waals surface area contributed by atoms with Crippen molar-refractivity contribution >= 4 is 0 Å². The van der Waals surface area contributed by atoms with Crippen molar-refractivity contribution in [2.24, 2.45) is 5.41 Å². The molecule has 0 aromatic carbocycles. The van der Waals surface area contributed by atoms with E-state index in [1.165, 1.54) is 12.8 Å². The molecule has 2 unspecified atom stereocenters. The summed E-state index contributed by atoms with van der Waals surface area (Å²) in [6, 6.07) is 1.12. The Labute approximate surface area is 85.5 Å². The highest BCUT2D eigenvalue weighted by Crippen LogP contribution is 2.43. The SMILES string of the molecule is CNC1C(n2ccnc2)CCC1(C)C. The predicted octanol–water partition coefficient (Wildman–Crippen LogP) is 1.83. The van der Waals surface area contributed by atoms with Crippen molar-refractivity contribution in [3.8, 4) is 0 Å². The summed E-state index contributed by atoms with van der Waals surface area (Å²) in [5.41, 5.74) is 0.393. The van der Waals surface area contributed by atoms with Gasteiger partial charge in [-0.3, -0.25) is 0 Å². The zero-order chi connectivity index (χ0) is 10.2. The Bertz CT molecular complexity index is 289. The third-order valence-electron chi connectivity index (χ3n) is 3.53. The molecule has 3 heteroatoms. The normalized spacial score (nSPS) is 30.8. The van der Waals surface area contributed by atoms with Crippen LogP contribution < -0.4 is 5.32 Å². The summed E-state index contributed by atoms with van der Waals surface area (Å²) < 4.78 is 2.23. The van der Waals surface area contributed by atoms with Crippen molar-refractivity contribution in [3.63, 3.8) is 0 Å². The average Bonchev–Trinajstić information content (AvgIpc) is 2.70. The Balaban J connectivity index is 2.22. The maximum absolute atomic E-state index is 4.12. The second-order valence-electron chi connectivity index (χ2n) is 4.87. The quantitative estimate of drug-likeness (QED) is 0.776. The summed E-state index contributed by atoms with van der Waals surface area (Å²) in [5, 5.41) is 3.44. The number of imidazole rings is 1. The van der Waals surface area contributed by atoms with Gasteiger partial charge in [0.15, 0.2) is 0 Å². The molecule has 0 aliphatic heterocycles. The van der Waals surface area contributed by atoms with Gasteiger partial charge in [-0.25, -0.2) is 4.98 Å². The van der Waals surface area contributed by atoms with Gasteiger partial charge in [0.05, 0.1) is 12.4 Å². The first-order chi connectivity index (χ1) is 6.65. The topological polar surface area (TPSA) is 29.9 Å². The highest BCUT2D eigenvalue weighted by atomic mass is 15.1. The van der Waals surface area contributed by atoms with E-state index in [0.717, 1.165) is 0 Å². The molecule has 3 nitrogen and oxygen atoms in total. The zero-order valence-corrected chi connectivity index (χ0v) is 9.20. The molecule has 0 spiro atoms. The van der Waals surface area contributed by atoms with E-state index in [1.54, 1.807) is 0 Å². The van der Waals surface area contributed by atoms with E-state index < -0.39 is 0 Å². The van der Waals surface area contributed by atoms with Gasteiger partial charge < -0.3 is 9.88 Å². The van der Waals surface area contributed by atoms with Gasteiger partial charge >= 0.3 is 0 Å². The fourth-order valence-corrected chi connectivity index (χ4v) is 2.73. The molecule has 1 saturated carbocycles. The molecule has 1 N–H and O–H groups in total. The molecule has 0 amide bonds. The fourth-order valence-electron chi connectivity index (χ4n) is 2.73. The highest BCUT2D eigenvalue weighted by Gasteiger charge is 2.41. The van der Waals surface area contributed by atoms with Crippen molar-refractivity contribution in [2.75, 3.05) is 7.05 Å². The van der Waals surface area contributed by atoms with Crippen LogP contribution in [-0.2, 0) is 0 Å². The van der Waals surface area contributed by atoms with Crippen LogP contribution in [0.5, 0.6) is 0 Å². The highest BCUT2D eigenvalue weighted by molar-refractivity contribution is 5.00. The first-order valence-corrected chi connectivity index (χ1v) is 5.30. The Kier molecular flexibility index (Phi) is 2.35. The van der Waals surface area contributed by atoms with Crippen LogP contribution in [0.2, 0.25) is 0 Å². The minimum absolute atomic E-state index is 0.393. The van der Waals surface area contributed by atoms with Gasteiger partial charge in [-0.15, -0.1) is 0 Å². The largest absolute Gasteiger partial charge is 0.333 e. The lowest BCUT2D eigenvalue weighted by Gasteiger charge is -2.30. The van der Waals surface area contributed by atoms with Gasteiger partial charge in [-0.2, -0.15) is 0 Å². The van der Waals surface area contributed by atoms with Crippen LogP contribution in [0.15, 0.2) is 18.7 Å². The summed E-state index contributed by atoms with van der Waals surface area (Å²) in [6.45, 7) is 4.68. The third-order valence-corrected chi connectivity index (χ3v) is 3.53. The van der Waals surface area contributed by atoms with Gasteiger partial charge in [0.25, 0.3) is 0 Å². The Morgan fingerprint density at radius 2 is 2.29 bits per heavy atom. The molecule has 1 heterocycles. The minimum Gasteiger partial charge on any atom is -0.333 e. The van der Waals surface area contributed by atoms with Gasteiger partial charge in [-0.05, 0) is 25.3 Å². The molecule has 1 aromatic rings. The predicted molar refractivity (Wildman–Crippen MR) is 57.1 cm³/mol. The molecule has 2 atom stereocenters. The minimum atomic E-state index is 0.393. The summed E-state index contributed by atoms with van der Waals surface area (Å²) in [7, 11) is 2.06. The van der Waals surface area contributed by atoms with Gasteiger partial charge in [0.1, 0.15) is 0 Å². The van der Waals surface area contributed by atoms with E-state index in [1.807, 2.05) is 12.5 Å². The zero-order valence-electron chi connectivity index (χ0n) is 9.20. The smallest absolute Gasteiger partial charge is 0.0949 e. The molecule has 14 heavy (non-hydrogen) atoms. The Hall–Kier alpha value is -0.830. The first kappa shape index (κ1) is 9.71. The van der Waals surface area contributed by atoms with Gasteiger partial charge in [0.2, 0.25) is 0 Å². The molecule has 1 aliphatic rings. The van der Waals surface area contributed by atoms with E-state index in [4.69, 9.17) is 0 Å². The maximum Gasteiger partial charge on any atom is 0.0949 e. The molecular formula is C11H19N3. The number of nitrogens with one attached hydrogen (secondary N) is 1. The van der Waals surface area contributed by atoms with Crippen LogP contribution in [0.1, 0.15) is 32.7 Å². The number of hydrogen-bond donors (Lipinski definition) is 1. The number of nitrogens with zero attached hydrogens (tertiary/aromatic N) is 2. The summed E-state index contributed by atoms with van der Waals surface area (Å²) in [6.07, 6.45) is 8.38. The lowest BCUT2D eigenvalue weighted by atomic mass is 9.86. The van der Waals surface area contributed by atoms with Crippen LogP contribution in [0.25, 0.3) is 0 Å². The molecule has 2 rings (SSSR count). The van der Waals surface area contributed by atoms with Crippen molar-refractivity contribution in [1.29, 1.82) is 0 Å². The average molecular weight is 193 g/mol. The summed E-state index contributed by atoms with van der Waals surface area (Å²) in [5.74, 6) is 0. The summed E-state index contributed by atoms with van der Waals surface area (Å²) in [4.78, 5) is 4.12. The molecule has 0 radical (unpaired) electrons. The molecule has 1 aliphatic carbocycles. The maximum atomic E-state index is 4.12. The van der Waals surface area contributed by atoms with Crippen molar-refractivity contribution in [3.05, 3.63) is 18.7 Å². The fraction of sp³-hybridized carbons (Fsp3) is 0.727. The second-order valence-corrected chi connectivity index (χ2v) is 4.87. The van der Waals surface area contributed by atoms with Crippen molar-refractivity contribution in [1.82, 2.24) is 14.9 Å². The van der Waals surface area contributed by atoms with Crippen LogP contribution >= 0.6 is 0 Å². The molecule has 78 valence electrons. The number of aromatic nitrogens is 2. The van der Waals surface area contributed by atoms with E-state index in [2.05, 4.69) is 42.0 Å². The van der Waals surface area contributed by atoms with E-state index >= 15 is 0 Å². The molecule has 1 aromatic heterocycles. The van der Waals surface area contributed by atoms with E-state index in [0.29, 0.717) is 17.5 Å². The standard InChI is InChI=1S/C11H19N3/c1-11(2)5-4-9(10(11)12-3)14-7-6-13-8-14/h6-10,12H,4-5H2,1-3H3. The van der Waals surface area contributed by atoms with E-state index in [9.17, 15) is 0 Å². The lowest BCUT2D eigenvalue weighted by Crippen LogP contribution is -2.40. The van der Waals surface area contributed by atoms with Crippen LogP contribution in [0.4, 0.5) is 0 Å². The van der Waals surface area contributed by atoms with Crippen LogP contribution in [0, 0.1) is 5.41 Å². The van der Waals surface area contributed by atoms with Gasteiger partial charge in [0, 0.05) is 18.4 Å². The molecular weight excluding hydrogens is 174 g/mol. The van der Waals surface area contributed by atoms with Crippen molar-refractivity contribution < 1.29 is 0 Å². The second kappa shape index (κ2) is 3.39. The molecule has 0 bridgehead atoms. The number of hydrogen-bond acceptors (Lipinski definition) is 2. The van der Waals surface area contributed by atoms with Crippen molar-refractivity contribution in [2.45, 2.75) is 38.8 Å². The number of likely N-dealkylation sites (N-methyl/N-ethyl adjacent to an activating group) is 1. The monoisotopic (exact) mass is 193 g/mol. The summed E-state index contributed by atoms with van der Waals surface area (Å²) >= 11 is 0. The van der Waals surface area contributed by atoms with Crippen LogP contribution in [-0.4, -0.2) is 22.6 Å². The van der Waals surface area contributed by atoms with E-state index in [-0.39, 0.29) is 0 Å². The van der Waals surface area contributed by atoms with Crippen LogP contribution in [0.3, 0.4) is 0 Å². The molecule has 1 fully saturated rings. The molecule has 0 saturated heterocycles. The Morgan fingerprint density at radius 1 is 1.50 bits per heavy atom.